The van der Waals surface area contributed by atoms with Gasteiger partial charge in [0, 0.05) is 29.4 Å². The van der Waals surface area contributed by atoms with Crippen molar-refractivity contribution in [3.63, 3.8) is 0 Å². The number of ether oxygens (including phenoxy) is 1. The summed E-state index contributed by atoms with van der Waals surface area (Å²) in [4.78, 5) is 4.25. The van der Waals surface area contributed by atoms with Crippen LogP contribution in [0.2, 0.25) is 0 Å². The maximum atomic E-state index is 5.84. The van der Waals surface area contributed by atoms with Gasteiger partial charge >= 0.3 is 0 Å². The molecule has 132 valence electrons. The molecule has 0 fully saturated rings. The second kappa shape index (κ2) is 7.71. The van der Waals surface area contributed by atoms with E-state index in [-0.39, 0.29) is 0 Å². The Hall–Kier alpha value is -2.32. The number of thioether (sulfide) groups is 1. The molecule has 8 heteroatoms. The zero-order valence-corrected chi connectivity index (χ0v) is 15.4. The first-order valence-corrected chi connectivity index (χ1v) is 9.05. The first kappa shape index (κ1) is 17.5. The Bertz CT molecular complexity index is 824. The topological polar surface area (TPSA) is 83.8 Å². The van der Waals surface area contributed by atoms with Crippen molar-refractivity contribution >= 4 is 11.8 Å². The number of rotatable bonds is 7. The summed E-state index contributed by atoms with van der Waals surface area (Å²) in [5.74, 6) is 2.29. The van der Waals surface area contributed by atoms with Crippen molar-refractivity contribution in [2.75, 3.05) is 7.11 Å². The molecule has 0 saturated carbocycles. The monoisotopic (exact) mass is 358 g/mol. The predicted molar refractivity (Wildman–Crippen MR) is 98.0 cm³/mol. The molecule has 25 heavy (non-hydrogen) atoms. The maximum absolute atomic E-state index is 5.84. The lowest BCUT2D eigenvalue weighted by Crippen LogP contribution is -2.08. The van der Waals surface area contributed by atoms with E-state index in [0.29, 0.717) is 12.6 Å². The number of nitrogens with two attached hydrogens (primary N) is 1. The molecule has 0 spiro atoms. The van der Waals surface area contributed by atoms with Gasteiger partial charge in [-0.3, -0.25) is 4.57 Å². The van der Waals surface area contributed by atoms with Gasteiger partial charge in [0.15, 0.2) is 11.0 Å². The van der Waals surface area contributed by atoms with Crippen LogP contribution >= 0.6 is 11.8 Å². The molecule has 0 aliphatic heterocycles. The molecule has 0 unspecified atom stereocenters. The van der Waals surface area contributed by atoms with Gasteiger partial charge in [0.05, 0.1) is 20.0 Å². The third-order valence-corrected chi connectivity index (χ3v) is 4.83. The van der Waals surface area contributed by atoms with Crippen LogP contribution in [0.3, 0.4) is 0 Å². The van der Waals surface area contributed by atoms with E-state index in [1.807, 2.05) is 41.4 Å². The van der Waals surface area contributed by atoms with Crippen LogP contribution in [0.25, 0.3) is 5.69 Å². The molecule has 1 aromatic carbocycles. The van der Waals surface area contributed by atoms with Crippen LogP contribution in [0.15, 0.2) is 41.9 Å². The minimum absolute atomic E-state index is 0.323. The Balaban J connectivity index is 1.86. The summed E-state index contributed by atoms with van der Waals surface area (Å²) in [5.41, 5.74) is 7.96. The third-order valence-electron chi connectivity index (χ3n) is 3.87. The number of hydrogen-bond acceptors (Lipinski definition) is 6. The van der Waals surface area contributed by atoms with Crippen LogP contribution in [0.4, 0.5) is 0 Å². The number of benzene rings is 1. The van der Waals surface area contributed by atoms with Crippen LogP contribution in [0, 0.1) is 0 Å². The molecule has 0 atom stereocenters. The second-order valence-electron chi connectivity index (χ2n) is 5.81. The SMILES string of the molecule is COc1ccc(-n2c(CN)nnc2SCc2cncn2C(C)C)cc1. The summed E-state index contributed by atoms with van der Waals surface area (Å²) in [5, 5.41) is 9.35. The first-order chi connectivity index (χ1) is 12.1. The van der Waals surface area contributed by atoms with Gasteiger partial charge in [-0.15, -0.1) is 10.2 Å². The normalized spacial score (nSPS) is 11.2. The van der Waals surface area contributed by atoms with Crippen LogP contribution in [-0.4, -0.2) is 31.4 Å². The summed E-state index contributed by atoms with van der Waals surface area (Å²) < 4.78 is 9.37. The van der Waals surface area contributed by atoms with E-state index in [0.717, 1.165) is 33.9 Å². The largest absolute Gasteiger partial charge is 0.497 e. The molecular formula is C17H22N6OS. The van der Waals surface area contributed by atoms with Crippen molar-refractivity contribution in [3.05, 3.63) is 48.3 Å². The lowest BCUT2D eigenvalue weighted by atomic mass is 10.3. The molecule has 3 aromatic rings. The summed E-state index contributed by atoms with van der Waals surface area (Å²) in [6.07, 6.45) is 3.75. The molecule has 0 bridgehead atoms. The molecule has 0 radical (unpaired) electrons. The Morgan fingerprint density at radius 2 is 1.96 bits per heavy atom. The van der Waals surface area contributed by atoms with E-state index in [1.165, 1.54) is 0 Å². The van der Waals surface area contributed by atoms with Crippen molar-refractivity contribution < 1.29 is 4.74 Å². The van der Waals surface area contributed by atoms with E-state index in [4.69, 9.17) is 10.5 Å². The fourth-order valence-corrected chi connectivity index (χ4v) is 3.50. The van der Waals surface area contributed by atoms with Crippen LogP contribution in [-0.2, 0) is 12.3 Å². The zero-order chi connectivity index (χ0) is 17.8. The summed E-state index contributed by atoms with van der Waals surface area (Å²) >= 11 is 1.62. The summed E-state index contributed by atoms with van der Waals surface area (Å²) in [6.45, 7) is 4.61. The number of hydrogen-bond donors (Lipinski definition) is 1. The quantitative estimate of drug-likeness (QED) is 0.654. The summed E-state index contributed by atoms with van der Waals surface area (Å²) in [7, 11) is 1.65. The molecule has 0 amide bonds. The second-order valence-corrected chi connectivity index (χ2v) is 6.75. The third kappa shape index (κ3) is 3.69. The van der Waals surface area contributed by atoms with E-state index < -0.39 is 0 Å². The lowest BCUT2D eigenvalue weighted by molar-refractivity contribution is 0.414. The van der Waals surface area contributed by atoms with Gasteiger partial charge in [0.2, 0.25) is 0 Å². The minimum Gasteiger partial charge on any atom is -0.497 e. The Morgan fingerprint density at radius 1 is 1.20 bits per heavy atom. The Kier molecular flexibility index (Phi) is 5.40. The average molecular weight is 358 g/mol. The van der Waals surface area contributed by atoms with Gasteiger partial charge in [-0.25, -0.2) is 4.98 Å². The molecule has 2 aromatic heterocycles. The lowest BCUT2D eigenvalue weighted by Gasteiger charge is -2.12. The fraction of sp³-hybridized carbons (Fsp3) is 0.353. The fourth-order valence-electron chi connectivity index (χ4n) is 2.56. The van der Waals surface area contributed by atoms with Gasteiger partial charge < -0.3 is 15.0 Å². The Labute approximate surface area is 151 Å². The predicted octanol–water partition coefficient (Wildman–Crippen LogP) is 2.80. The Morgan fingerprint density at radius 3 is 2.60 bits per heavy atom. The number of imidazole rings is 1. The van der Waals surface area contributed by atoms with E-state index in [1.54, 1.807) is 18.9 Å². The molecule has 0 saturated heterocycles. The molecule has 2 N–H and O–H groups in total. The minimum atomic E-state index is 0.323. The van der Waals surface area contributed by atoms with Crippen molar-refractivity contribution in [1.82, 2.24) is 24.3 Å². The van der Waals surface area contributed by atoms with Crippen molar-refractivity contribution in [3.8, 4) is 11.4 Å². The van der Waals surface area contributed by atoms with Crippen LogP contribution in [0.1, 0.15) is 31.4 Å². The smallest absolute Gasteiger partial charge is 0.196 e. The molecule has 0 aliphatic rings. The van der Waals surface area contributed by atoms with Crippen molar-refractivity contribution in [2.45, 2.75) is 37.3 Å². The number of methoxy groups -OCH3 is 1. The molecular weight excluding hydrogens is 336 g/mol. The molecule has 3 rings (SSSR count). The standard InChI is InChI=1S/C17H22N6OS/c1-12(2)22-11-19-9-14(22)10-25-17-21-20-16(8-18)23(17)13-4-6-15(24-3)7-5-13/h4-7,9,11-12H,8,10,18H2,1-3H3. The molecule has 0 aliphatic carbocycles. The number of aromatic nitrogens is 5. The van der Waals surface area contributed by atoms with E-state index >= 15 is 0 Å². The van der Waals surface area contributed by atoms with Gasteiger partial charge in [-0.1, -0.05) is 11.8 Å². The highest BCUT2D eigenvalue weighted by Gasteiger charge is 2.15. The zero-order valence-electron chi connectivity index (χ0n) is 14.6. The maximum Gasteiger partial charge on any atom is 0.196 e. The average Bonchev–Trinajstić information content (AvgIpc) is 3.26. The highest BCUT2D eigenvalue weighted by molar-refractivity contribution is 7.98. The highest BCUT2D eigenvalue weighted by Crippen LogP contribution is 2.27. The van der Waals surface area contributed by atoms with Gasteiger partial charge in [0.1, 0.15) is 5.75 Å². The van der Waals surface area contributed by atoms with E-state index in [2.05, 4.69) is 33.6 Å². The highest BCUT2D eigenvalue weighted by atomic mass is 32.2. The van der Waals surface area contributed by atoms with Gasteiger partial charge in [-0.2, -0.15) is 0 Å². The molecule has 2 heterocycles. The summed E-state index contributed by atoms with van der Waals surface area (Å²) in [6, 6.07) is 8.15. The first-order valence-electron chi connectivity index (χ1n) is 8.06. The molecule has 7 nitrogen and oxygen atoms in total. The van der Waals surface area contributed by atoms with Gasteiger partial charge in [0.25, 0.3) is 0 Å². The number of nitrogens with zero attached hydrogens (tertiary/aromatic N) is 5. The van der Waals surface area contributed by atoms with Crippen LogP contribution < -0.4 is 10.5 Å². The van der Waals surface area contributed by atoms with Crippen molar-refractivity contribution in [1.29, 1.82) is 0 Å². The van der Waals surface area contributed by atoms with Crippen LogP contribution in [0.5, 0.6) is 5.75 Å². The van der Waals surface area contributed by atoms with E-state index in [9.17, 15) is 0 Å². The van der Waals surface area contributed by atoms with Gasteiger partial charge in [-0.05, 0) is 38.1 Å². The van der Waals surface area contributed by atoms with Crippen molar-refractivity contribution in [2.24, 2.45) is 5.73 Å².